The minimum Gasteiger partial charge on any atom is -0.391 e. The van der Waals surface area contributed by atoms with Crippen molar-refractivity contribution in [3.05, 3.63) is 40.5 Å². The van der Waals surface area contributed by atoms with Gasteiger partial charge in [0, 0.05) is 19.2 Å². The number of aryl methyl sites for hydroxylation is 2. The second-order valence-electron chi connectivity index (χ2n) is 6.03. The maximum atomic E-state index is 5.35. The van der Waals surface area contributed by atoms with Gasteiger partial charge in [0.15, 0.2) is 0 Å². The van der Waals surface area contributed by atoms with Crippen LogP contribution in [0, 0.1) is 13.8 Å². The van der Waals surface area contributed by atoms with E-state index in [9.17, 15) is 0 Å². The van der Waals surface area contributed by atoms with Crippen LogP contribution >= 0.6 is 0 Å². The molecule has 0 heterocycles. The van der Waals surface area contributed by atoms with Gasteiger partial charge >= 0.3 is 0 Å². The van der Waals surface area contributed by atoms with Crippen LogP contribution in [-0.2, 0) is 4.84 Å². The van der Waals surface area contributed by atoms with Crippen LogP contribution in [0.2, 0.25) is 0 Å². The molecular formula is C19H29N3O. The first-order chi connectivity index (χ1) is 10.8. The Balaban J connectivity index is 2.93. The van der Waals surface area contributed by atoms with Gasteiger partial charge in [-0.3, -0.25) is 0 Å². The first-order valence-corrected chi connectivity index (χ1v) is 8.01. The Kier molecular flexibility index (Phi) is 7.52. The van der Waals surface area contributed by atoms with Crippen LogP contribution in [-0.4, -0.2) is 37.1 Å². The van der Waals surface area contributed by atoms with Gasteiger partial charge in [-0.15, -0.1) is 0 Å². The first-order valence-electron chi connectivity index (χ1n) is 8.01. The fourth-order valence-corrected chi connectivity index (χ4v) is 1.96. The van der Waals surface area contributed by atoms with Crippen molar-refractivity contribution in [3.8, 4) is 0 Å². The SMILES string of the molecule is CCN(C)C=Nc1cc(C)c(C(C)=NOCC=C(C)C)cc1C. The molecule has 0 aliphatic heterocycles. The molecule has 0 spiro atoms. The standard InChI is InChI=1S/C19H29N3O/c1-8-22(7)13-20-19-12-15(4)18(11-16(19)5)17(6)21-23-10-9-14(2)3/h9,11-13H,8,10H2,1-7H3. The van der Waals surface area contributed by atoms with Crippen molar-refractivity contribution in [2.75, 3.05) is 20.2 Å². The lowest BCUT2D eigenvalue weighted by Crippen LogP contribution is -2.14. The molecule has 0 aromatic heterocycles. The molecule has 0 N–H and O–H groups in total. The minimum absolute atomic E-state index is 0.503. The molecule has 1 rings (SSSR count). The zero-order valence-electron chi connectivity index (χ0n) is 15.5. The number of hydrogen-bond acceptors (Lipinski definition) is 3. The van der Waals surface area contributed by atoms with Crippen LogP contribution in [0.3, 0.4) is 0 Å². The zero-order chi connectivity index (χ0) is 17.4. The van der Waals surface area contributed by atoms with Crippen LogP contribution in [0.1, 0.15) is 44.4 Å². The van der Waals surface area contributed by atoms with Gasteiger partial charge in [0.05, 0.1) is 17.7 Å². The second kappa shape index (κ2) is 9.13. The van der Waals surface area contributed by atoms with E-state index in [1.165, 1.54) is 5.57 Å². The summed E-state index contributed by atoms with van der Waals surface area (Å²) in [4.78, 5) is 12.0. The van der Waals surface area contributed by atoms with Crippen molar-refractivity contribution in [2.24, 2.45) is 10.1 Å². The Hall–Kier alpha value is -2.10. The van der Waals surface area contributed by atoms with Gasteiger partial charge in [-0.1, -0.05) is 10.7 Å². The molecular weight excluding hydrogens is 286 g/mol. The predicted octanol–water partition coefficient (Wildman–Crippen LogP) is 4.62. The van der Waals surface area contributed by atoms with Crippen molar-refractivity contribution >= 4 is 17.7 Å². The van der Waals surface area contributed by atoms with Gasteiger partial charge in [-0.25, -0.2) is 4.99 Å². The first kappa shape index (κ1) is 18.9. The van der Waals surface area contributed by atoms with Gasteiger partial charge in [-0.05, 0) is 70.9 Å². The highest BCUT2D eigenvalue weighted by molar-refractivity contribution is 6.00. The van der Waals surface area contributed by atoms with Crippen molar-refractivity contribution in [1.29, 1.82) is 0 Å². The van der Waals surface area contributed by atoms with E-state index in [4.69, 9.17) is 4.84 Å². The molecule has 0 bridgehead atoms. The Labute approximate surface area is 140 Å². The average Bonchev–Trinajstić information content (AvgIpc) is 2.51. The third-order valence-corrected chi connectivity index (χ3v) is 3.59. The van der Waals surface area contributed by atoms with E-state index in [2.05, 4.69) is 43.1 Å². The van der Waals surface area contributed by atoms with Crippen molar-refractivity contribution < 1.29 is 4.84 Å². The summed E-state index contributed by atoms with van der Waals surface area (Å²) >= 11 is 0. The fraction of sp³-hybridized carbons (Fsp3) is 0.474. The monoisotopic (exact) mass is 315 g/mol. The molecule has 4 nitrogen and oxygen atoms in total. The highest BCUT2D eigenvalue weighted by Gasteiger charge is 2.07. The highest BCUT2D eigenvalue weighted by atomic mass is 16.6. The van der Waals surface area contributed by atoms with Crippen molar-refractivity contribution in [1.82, 2.24) is 4.90 Å². The maximum Gasteiger partial charge on any atom is 0.135 e. The van der Waals surface area contributed by atoms with Gasteiger partial charge in [-0.2, -0.15) is 0 Å². The Bertz CT molecular complexity index is 611. The Morgan fingerprint density at radius 3 is 2.48 bits per heavy atom. The summed E-state index contributed by atoms with van der Waals surface area (Å²) < 4.78 is 0. The highest BCUT2D eigenvalue weighted by Crippen LogP contribution is 2.23. The largest absolute Gasteiger partial charge is 0.391 e. The van der Waals surface area contributed by atoms with E-state index in [1.54, 1.807) is 0 Å². The lowest BCUT2D eigenvalue weighted by molar-refractivity contribution is 0.174. The molecule has 0 aliphatic carbocycles. The smallest absolute Gasteiger partial charge is 0.135 e. The second-order valence-corrected chi connectivity index (χ2v) is 6.03. The van der Waals surface area contributed by atoms with E-state index in [0.29, 0.717) is 6.61 Å². The molecule has 0 atom stereocenters. The molecule has 4 heteroatoms. The van der Waals surface area contributed by atoms with Gasteiger partial charge < -0.3 is 9.74 Å². The molecule has 126 valence electrons. The molecule has 0 radical (unpaired) electrons. The van der Waals surface area contributed by atoms with Gasteiger partial charge in [0.1, 0.15) is 6.61 Å². The summed E-state index contributed by atoms with van der Waals surface area (Å²) in [6, 6.07) is 4.22. The average molecular weight is 315 g/mol. The quantitative estimate of drug-likeness (QED) is 0.242. The zero-order valence-corrected chi connectivity index (χ0v) is 15.5. The van der Waals surface area contributed by atoms with E-state index in [-0.39, 0.29) is 0 Å². The third-order valence-electron chi connectivity index (χ3n) is 3.59. The number of hydrogen-bond donors (Lipinski definition) is 0. The summed E-state index contributed by atoms with van der Waals surface area (Å²) in [7, 11) is 2.01. The summed E-state index contributed by atoms with van der Waals surface area (Å²) in [5, 5.41) is 4.21. The normalized spacial score (nSPS) is 11.7. The van der Waals surface area contributed by atoms with Crippen LogP contribution in [0.4, 0.5) is 5.69 Å². The summed E-state index contributed by atoms with van der Waals surface area (Å²) in [5.74, 6) is 0. The topological polar surface area (TPSA) is 37.2 Å². The fourth-order valence-electron chi connectivity index (χ4n) is 1.96. The maximum absolute atomic E-state index is 5.35. The summed E-state index contributed by atoms with van der Waals surface area (Å²) in [6.07, 6.45) is 3.88. The van der Waals surface area contributed by atoms with E-state index >= 15 is 0 Å². The number of nitrogens with zero attached hydrogens (tertiary/aromatic N) is 3. The van der Waals surface area contributed by atoms with E-state index in [1.807, 2.05) is 45.1 Å². The van der Waals surface area contributed by atoms with Crippen LogP contribution in [0.5, 0.6) is 0 Å². The third kappa shape index (κ3) is 6.27. The molecule has 1 aromatic rings. The molecule has 0 saturated carbocycles. The van der Waals surface area contributed by atoms with Crippen LogP contribution in [0.25, 0.3) is 0 Å². The molecule has 0 saturated heterocycles. The van der Waals surface area contributed by atoms with Gasteiger partial charge in [0.25, 0.3) is 0 Å². The van der Waals surface area contributed by atoms with Crippen molar-refractivity contribution in [3.63, 3.8) is 0 Å². The molecule has 23 heavy (non-hydrogen) atoms. The van der Waals surface area contributed by atoms with E-state index in [0.717, 1.165) is 34.6 Å². The number of rotatable bonds is 7. The van der Waals surface area contributed by atoms with E-state index < -0.39 is 0 Å². The van der Waals surface area contributed by atoms with Crippen LogP contribution < -0.4 is 0 Å². The van der Waals surface area contributed by atoms with Crippen molar-refractivity contribution in [2.45, 2.75) is 41.5 Å². The molecule has 0 fully saturated rings. The minimum atomic E-state index is 0.503. The summed E-state index contributed by atoms with van der Waals surface area (Å²) in [6.45, 7) is 13.7. The Morgan fingerprint density at radius 1 is 1.17 bits per heavy atom. The summed E-state index contributed by atoms with van der Waals surface area (Å²) in [5.41, 5.74) is 6.48. The molecule has 1 aromatic carbocycles. The predicted molar refractivity (Wildman–Crippen MR) is 100.0 cm³/mol. The number of benzene rings is 1. The lowest BCUT2D eigenvalue weighted by Gasteiger charge is -2.11. The molecule has 0 amide bonds. The molecule has 0 unspecified atom stereocenters. The number of aliphatic imine (C=N–C) groups is 1. The number of oxime groups is 1. The van der Waals surface area contributed by atoms with Gasteiger partial charge in [0.2, 0.25) is 0 Å². The Morgan fingerprint density at radius 2 is 1.87 bits per heavy atom. The lowest BCUT2D eigenvalue weighted by atomic mass is 10.0. The van der Waals surface area contributed by atoms with Crippen LogP contribution in [0.15, 0.2) is 33.9 Å². The number of allylic oxidation sites excluding steroid dienone is 1. The molecule has 0 aliphatic rings.